The summed E-state index contributed by atoms with van der Waals surface area (Å²) in [4.78, 5) is 13.5. The molecule has 0 aromatic carbocycles. The van der Waals surface area contributed by atoms with Crippen molar-refractivity contribution < 1.29 is 14.6 Å². The second-order valence-electron chi connectivity index (χ2n) is 5.47. The Morgan fingerprint density at radius 2 is 1.90 bits per heavy atom. The Morgan fingerprint density at radius 3 is 2.35 bits per heavy atom. The van der Waals surface area contributed by atoms with E-state index in [1.165, 1.54) is 4.68 Å². The molecular formula is C14H25N3O3. The molecule has 0 fully saturated rings. The van der Waals surface area contributed by atoms with Crippen LogP contribution in [0.3, 0.4) is 0 Å². The molecule has 0 spiro atoms. The molecule has 0 saturated carbocycles. The van der Waals surface area contributed by atoms with E-state index in [1.807, 2.05) is 0 Å². The normalized spacial score (nSPS) is 11.7. The van der Waals surface area contributed by atoms with Gasteiger partial charge in [0.2, 0.25) is 5.88 Å². The SMILES string of the molecule is Cc1nn(C)c(OCCN(C(C)C)C(C)C)c1C(=O)O. The summed E-state index contributed by atoms with van der Waals surface area (Å²) in [7, 11) is 1.69. The third-order valence-corrected chi connectivity index (χ3v) is 3.30. The highest BCUT2D eigenvalue weighted by Crippen LogP contribution is 2.21. The van der Waals surface area contributed by atoms with Gasteiger partial charge in [-0.15, -0.1) is 0 Å². The van der Waals surface area contributed by atoms with Crippen molar-refractivity contribution in [1.29, 1.82) is 0 Å². The highest BCUT2D eigenvalue weighted by Gasteiger charge is 2.21. The predicted octanol–water partition coefficient (Wildman–Crippen LogP) is 1.92. The number of aromatic carboxylic acids is 1. The molecule has 0 atom stereocenters. The molecule has 0 aliphatic rings. The third-order valence-electron chi connectivity index (χ3n) is 3.30. The van der Waals surface area contributed by atoms with Crippen LogP contribution in [0.4, 0.5) is 0 Å². The molecule has 1 N–H and O–H groups in total. The maximum atomic E-state index is 11.2. The van der Waals surface area contributed by atoms with Gasteiger partial charge in [0, 0.05) is 25.7 Å². The van der Waals surface area contributed by atoms with E-state index in [4.69, 9.17) is 4.74 Å². The number of aromatic nitrogens is 2. The summed E-state index contributed by atoms with van der Waals surface area (Å²) in [6, 6.07) is 0.844. The topological polar surface area (TPSA) is 67.6 Å². The Labute approximate surface area is 120 Å². The molecule has 0 aliphatic heterocycles. The number of aryl methyl sites for hydroxylation is 2. The van der Waals surface area contributed by atoms with Gasteiger partial charge in [-0.1, -0.05) is 0 Å². The van der Waals surface area contributed by atoms with E-state index < -0.39 is 5.97 Å². The zero-order valence-corrected chi connectivity index (χ0v) is 13.2. The van der Waals surface area contributed by atoms with Crippen molar-refractivity contribution in [3.63, 3.8) is 0 Å². The Morgan fingerprint density at radius 1 is 1.35 bits per heavy atom. The maximum Gasteiger partial charge on any atom is 0.343 e. The van der Waals surface area contributed by atoms with Gasteiger partial charge in [0.05, 0.1) is 5.69 Å². The van der Waals surface area contributed by atoms with E-state index in [1.54, 1.807) is 14.0 Å². The van der Waals surface area contributed by atoms with Gasteiger partial charge >= 0.3 is 5.97 Å². The van der Waals surface area contributed by atoms with Crippen LogP contribution >= 0.6 is 0 Å². The molecule has 1 aromatic heterocycles. The lowest BCUT2D eigenvalue weighted by Gasteiger charge is -2.30. The lowest BCUT2D eigenvalue weighted by molar-refractivity contribution is 0.0688. The number of hydrogen-bond acceptors (Lipinski definition) is 4. The van der Waals surface area contributed by atoms with Crippen molar-refractivity contribution in [2.75, 3.05) is 13.2 Å². The number of carboxylic acids is 1. The van der Waals surface area contributed by atoms with E-state index in [2.05, 4.69) is 37.7 Å². The lowest BCUT2D eigenvalue weighted by Crippen LogP contribution is -2.39. The molecule has 0 bridgehead atoms. The average Bonchev–Trinajstić information content (AvgIpc) is 2.58. The molecule has 6 nitrogen and oxygen atoms in total. The van der Waals surface area contributed by atoms with Crippen LogP contribution < -0.4 is 4.74 Å². The van der Waals surface area contributed by atoms with Gasteiger partial charge < -0.3 is 9.84 Å². The summed E-state index contributed by atoms with van der Waals surface area (Å²) in [6.45, 7) is 11.4. The number of carbonyl (C=O) groups is 1. The zero-order chi connectivity index (χ0) is 15.4. The van der Waals surface area contributed by atoms with Crippen LogP contribution in [-0.2, 0) is 7.05 Å². The van der Waals surface area contributed by atoms with Crippen molar-refractivity contribution in [3.05, 3.63) is 11.3 Å². The number of hydrogen-bond donors (Lipinski definition) is 1. The minimum Gasteiger partial charge on any atom is -0.477 e. The van der Waals surface area contributed by atoms with E-state index in [0.717, 1.165) is 6.54 Å². The number of rotatable bonds is 7. The summed E-state index contributed by atoms with van der Waals surface area (Å²) in [5.74, 6) is -0.683. The first-order valence-electron chi connectivity index (χ1n) is 6.91. The van der Waals surface area contributed by atoms with Crippen LogP contribution in [0.25, 0.3) is 0 Å². The number of carboxylic acid groups (broad SMARTS) is 1. The summed E-state index contributed by atoms with van der Waals surface area (Å²) < 4.78 is 7.14. The molecule has 20 heavy (non-hydrogen) atoms. The van der Waals surface area contributed by atoms with Crippen molar-refractivity contribution in [1.82, 2.24) is 14.7 Å². The Bertz CT molecular complexity index is 458. The second-order valence-corrected chi connectivity index (χ2v) is 5.47. The molecule has 1 aromatic rings. The first kappa shape index (κ1) is 16.5. The average molecular weight is 283 g/mol. The van der Waals surface area contributed by atoms with Gasteiger partial charge in [0.1, 0.15) is 12.2 Å². The van der Waals surface area contributed by atoms with Crippen LogP contribution in [0.15, 0.2) is 0 Å². The quantitative estimate of drug-likeness (QED) is 0.828. The van der Waals surface area contributed by atoms with E-state index >= 15 is 0 Å². The number of ether oxygens (including phenoxy) is 1. The van der Waals surface area contributed by atoms with E-state index in [9.17, 15) is 9.90 Å². The molecule has 0 radical (unpaired) electrons. The van der Waals surface area contributed by atoms with Crippen LogP contribution in [0, 0.1) is 6.92 Å². The predicted molar refractivity (Wildman–Crippen MR) is 77.4 cm³/mol. The highest BCUT2D eigenvalue weighted by molar-refractivity contribution is 5.91. The van der Waals surface area contributed by atoms with Gasteiger partial charge in [-0.2, -0.15) is 5.10 Å². The second kappa shape index (κ2) is 6.74. The van der Waals surface area contributed by atoms with Crippen LogP contribution in [0.2, 0.25) is 0 Å². The van der Waals surface area contributed by atoms with Gasteiger partial charge in [-0.3, -0.25) is 4.90 Å². The largest absolute Gasteiger partial charge is 0.477 e. The van der Waals surface area contributed by atoms with Crippen LogP contribution in [0.1, 0.15) is 43.7 Å². The van der Waals surface area contributed by atoms with E-state index in [0.29, 0.717) is 30.3 Å². The van der Waals surface area contributed by atoms with Gasteiger partial charge in [-0.05, 0) is 34.6 Å². The minimum absolute atomic E-state index is 0.146. The molecule has 1 rings (SSSR count). The molecule has 1 heterocycles. The summed E-state index contributed by atoms with van der Waals surface area (Å²) in [6.07, 6.45) is 0. The maximum absolute atomic E-state index is 11.2. The standard InChI is InChI=1S/C14H25N3O3/c1-9(2)17(10(3)4)7-8-20-13-12(14(18)19)11(5)15-16(13)6/h9-10H,7-8H2,1-6H3,(H,18,19). The molecule has 114 valence electrons. The monoisotopic (exact) mass is 283 g/mol. The van der Waals surface area contributed by atoms with Gasteiger partial charge in [-0.25, -0.2) is 9.48 Å². The van der Waals surface area contributed by atoms with Crippen LogP contribution in [-0.4, -0.2) is 51.0 Å². The van der Waals surface area contributed by atoms with Gasteiger partial charge in [0.15, 0.2) is 0 Å². The Hall–Kier alpha value is -1.56. The van der Waals surface area contributed by atoms with Crippen molar-refractivity contribution >= 4 is 5.97 Å². The van der Waals surface area contributed by atoms with Gasteiger partial charge in [0.25, 0.3) is 0 Å². The van der Waals surface area contributed by atoms with Crippen molar-refractivity contribution in [2.24, 2.45) is 7.05 Å². The molecule has 0 amide bonds. The smallest absolute Gasteiger partial charge is 0.343 e. The molecule has 0 saturated heterocycles. The Kier molecular flexibility index (Phi) is 5.56. The fraction of sp³-hybridized carbons (Fsp3) is 0.714. The fourth-order valence-corrected chi connectivity index (χ4v) is 2.41. The summed E-state index contributed by atoms with van der Waals surface area (Å²) in [5.41, 5.74) is 0.618. The van der Waals surface area contributed by atoms with Crippen molar-refractivity contribution in [2.45, 2.75) is 46.7 Å². The molecule has 6 heteroatoms. The Balaban J connectivity index is 2.73. The third kappa shape index (κ3) is 3.72. The summed E-state index contributed by atoms with van der Waals surface area (Å²) in [5, 5.41) is 13.3. The zero-order valence-electron chi connectivity index (χ0n) is 13.2. The minimum atomic E-state index is -1.00. The lowest BCUT2D eigenvalue weighted by atomic mass is 10.2. The molecule has 0 unspecified atom stereocenters. The first-order valence-corrected chi connectivity index (χ1v) is 6.91. The number of nitrogens with zero attached hydrogens (tertiary/aromatic N) is 3. The molecular weight excluding hydrogens is 258 g/mol. The first-order chi connectivity index (χ1) is 9.25. The fourth-order valence-electron chi connectivity index (χ4n) is 2.41. The van der Waals surface area contributed by atoms with Crippen molar-refractivity contribution in [3.8, 4) is 5.88 Å². The van der Waals surface area contributed by atoms with Crippen LogP contribution in [0.5, 0.6) is 5.88 Å². The van der Waals surface area contributed by atoms with E-state index in [-0.39, 0.29) is 5.56 Å². The summed E-state index contributed by atoms with van der Waals surface area (Å²) >= 11 is 0. The highest BCUT2D eigenvalue weighted by atomic mass is 16.5. The molecule has 0 aliphatic carbocycles.